The maximum atomic E-state index is 13.1. The summed E-state index contributed by atoms with van der Waals surface area (Å²) in [4.78, 5) is 15.1. The largest absolute Gasteiger partial charge is 0.394 e. The smallest absolute Gasteiger partial charge is 0.317 e. The topological polar surface area (TPSA) is 82.4 Å². The molecule has 1 atom stereocenters. The molecule has 1 saturated carbocycles. The fourth-order valence-electron chi connectivity index (χ4n) is 5.93. The van der Waals surface area contributed by atoms with Crippen LogP contribution in [0.3, 0.4) is 0 Å². The number of rotatable bonds is 5. The molecule has 1 aromatic carbocycles. The number of carbonyl (C=O) groups excluding carboxylic acids is 1. The molecule has 0 unspecified atom stereocenters. The summed E-state index contributed by atoms with van der Waals surface area (Å²) < 4.78 is 1.77. The minimum Gasteiger partial charge on any atom is -0.394 e. The van der Waals surface area contributed by atoms with E-state index in [0.29, 0.717) is 12.6 Å². The lowest BCUT2D eigenvalue weighted by Crippen LogP contribution is -2.43. The summed E-state index contributed by atoms with van der Waals surface area (Å²) in [6, 6.07) is 9.26. The number of amides is 2. The van der Waals surface area contributed by atoms with Gasteiger partial charge in [0.2, 0.25) is 0 Å². The van der Waals surface area contributed by atoms with Crippen molar-refractivity contribution in [1.29, 1.82) is 0 Å². The van der Waals surface area contributed by atoms with Crippen LogP contribution in [0.2, 0.25) is 0 Å². The van der Waals surface area contributed by atoms with E-state index < -0.39 is 0 Å². The molecular formula is C25H35N5O2. The van der Waals surface area contributed by atoms with Gasteiger partial charge in [0.1, 0.15) is 0 Å². The van der Waals surface area contributed by atoms with Crippen LogP contribution in [0.4, 0.5) is 10.5 Å². The predicted molar refractivity (Wildman–Crippen MR) is 124 cm³/mol. The summed E-state index contributed by atoms with van der Waals surface area (Å²) in [5.41, 5.74) is 3.99. The lowest BCUT2D eigenvalue weighted by atomic mass is 9.72. The molecule has 0 bridgehead atoms. The van der Waals surface area contributed by atoms with Crippen LogP contribution in [0, 0.1) is 5.41 Å². The molecule has 172 valence electrons. The molecule has 2 aliphatic carbocycles. The molecule has 2 fully saturated rings. The molecule has 2 aromatic rings. The predicted octanol–water partition coefficient (Wildman–Crippen LogP) is 3.71. The number of likely N-dealkylation sites (tertiary alicyclic amines) is 1. The number of nitrogens with one attached hydrogen (secondary N) is 2. The van der Waals surface area contributed by atoms with Gasteiger partial charge in [0.25, 0.3) is 0 Å². The van der Waals surface area contributed by atoms with Gasteiger partial charge in [0.15, 0.2) is 0 Å². The molecular weight excluding hydrogens is 402 g/mol. The highest BCUT2D eigenvalue weighted by Crippen LogP contribution is 2.44. The first-order valence-electron chi connectivity index (χ1n) is 12.2. The Labute approximate surface area is 190 Å². The summed E-state index contributed by atoms with van der Waals surface area (Å²) in [5.74, 6) is 0. The van der Waals surface area contributed by atoms with Gasteiger partial charge in [-0.15, -0.1) is 0 Å². The van der Waals surface area contributed by atoms with Gasteiger partial charge < -0.3 is 20.6 Å². The van der Waals surface area contributed by atoms with E-state index in [1.54, 1.807) is 4.68 Å². The monoisotopic (exact) mass is 437 g/mol. The third-order valence-corrected chi connectivity index (χ3v) is 7.77. The lowest BCUT2D eigenvalue weighted by Gasteiger charge is -2.37. The number of hydrogen-bond acceptors (Lipinski definition) is 4. The Morgan fingerprint density at radius 3 is 2.88 bits per heavy atom. The van der Waals surface area contributed by atoms with Gasteiger partial charge in [-0.05, 0) is 67.9 Å². The average Bonchev–Trinajstić information content (AvgIpc) is 3.43. The number of urea groups is 1. The maximum absolute atomic E-state index is 13.1. The molecule has 0 radical (unpaired) electrons. The van der Waals surface area contributed by atoms with Crippen molar-refractivity contribution in [3.05, 3.63) is 47.8 Å². The number of aliphatic hydroxyl groups excluding tert-OH is 1. The van der Waals surface area contributed by atoms with Crippen molar-refractivity contribution in [1.82, 2.24) is 20.0 Å². The highest BCUT2D eigenvalue weighted by Gasteiger charge is 2.42. The molecule has 1 aromatic heterocycles. The van der Waals surface area contributed by atoms with Crippen LogP contribution in [-0.4, -0.2) is 51.6 Å². The van der Waals surface area contributed by atoms with E-state index in [1.807, 2.05) is 12.4 Å². The van der Waals surface area contributed by atoms with Crippen LogP contribution in [0.5, 0.6) is 0 Å². The normalized spacial score (nSPS) is 27.3. The second-order valence-corrected chi connectivity index (χ2v) is 9.90. The van der Waals surface area contributed by atoms with Crippen molar-refractivity contribution >= 4 is 11.7 Å². The SMILES string of the molecule is O=C(N[C@@H]1CCCc2ccccc21)N1CCC2(CCC(Nc3cnn(CCO)c3)CC2)C1. The number of hydrogen-bond donors (Lipinski definition) is 3. The number of fused-ring (bicyclic) bond motifs is 1. The van der Waals surface area contributed by atoms with Crippen molar-refractivity contribution in [2.24, 2.45) is 5.41 Å². The second-order valence-electron chi connectivity index (χ2n) is 9.90. The van der Waals surface area contributed by atoms with E-state index in [1.165, 1.54) is 11.1 Å². The number of anilines is 1. The Morgan fingerprint density at radius 2 is 2.03 bits per heavy atom. The summed E-state index contributed by atoms with van der Waals surface area (Å²) in [6.45, 7) is 2.38. The fourth-order valence-corrected chi connectivity index (χ4v) is 5.93. The Morgan fingerprint density at radius 1 is 1.19 bits per heavy atom. The van der Waals surface area contributed by atoms with Gasteiger partial charge in [-0.3, -0.25) is 4.68 Å². The molecule has 3 N–H and O–H groups in total. The van der Waals surface area contributed by atoms with Crippen LogP contribution >= 0.6 is 0 Å². The van der Waals surface area contributed by atoms with Gasteiger partial charge in [0, 0.05) is 25.3 Å². The van der Waals surface area contributed by atoms with Crippen LogP contribution in [0.1, 0.15) is 62.1 Å². The van der Waals surface area contributed by atoms with Crippen molar-refractivity contribution in [3.63, 3.8) is 0 Å². The number of benzene rings is 1. The number of carbonyl (C=O) groups is 1. The fraction of sp³-hybridized carbons (Fsp3) is 0.600. The van der Waals surface area contributed by atoms with Crippen LogP contribution in [0.15, 0.2) is 36.7 Å². The second kappa shape index (κ2) is 9.14. The highest BCUT2D eigenvalue weighted by molar-refractivity contribution is 5.75. The van der Waals surface area contributed by atoms with Gasteiger partial charge in [-0.25, -0.2) is 4.79 Å². The van der Waals surface area contributed by atoms with Crippen molar-refractivity contribution in [2.75, 3.05) is 25.0 Å². The van der Waals surface area contributed by atoms with Gasteiger partial charge >= 0.3 is 6.03 Å². The maximum Gasteiger partial charge on any atom is 0.317 e. The molecule has 7 nitrogen and oxygen atoms in total. The van der Waals surface area contributed by atoms with Crippen molar-refractivity contribution in [3.8, 4) is 0 Å². The van der Waals surface area contributed by atoms with Gasteiger partial charge in [0.05, 0.1) is 31.1 Å². The van der Waals surface area contributed by atoms with Crippen LogP contribution < -0.4 is 10.6 Å². The van der Waals surface area contributed by atoms with E-state index in [0.717, 1.165) is 70.1 Å². The van der Waals surface area contributed by atoms with Gasteiger partial charge in [-0.2, -0.15) is 5.10 Å². The van der Waals surface area contributed by atoms with Crippen LogP contribution in [-0.2, 0) is 13.0 Å². The zero-order chi connectivity index (χ0) is 22.0. The first-order chi connectivity index (χ1) is 15.6. The third-order valence-electron chi connectivity index (χ3n) is 7.77. The summed E-state index contributed by atoms with van der Waals surface area (Å²) in [6.07, 6.45) is 12.8. The number of aryl methyl sites for hydroxylation is 1. The third kappa shape index (κ3) is 4.49. The minimum absolute atomic E-state index is 0.102. The first-order valence-corrected chi connectivity index (χ1v) is 12.2. The average molecular weight is 438 g/mol. The number of aromatic nitrogens is 2. The standard InChI is InChI=1S/C25H35N5O2/c31-15-14-30-17-21(16-26-30)27-20-8-10-25(11-9-20)12-13-29(18-25)24(32)28-23-7-3-5-19-4-1-2-6-22(19)23/h1-2,4,6,16-17,20,23,27,31H,3,5,7-15,18H2,(H,28,32)/t20?,23-,25?/m1/s1. The number of nitrogens with zero attached hydrogens (tertiary/aromatic N) is 3. The zero-order valence-corrected chi connectivity index (χ0v) is 18.8. The first kappa shape index (κ1) is 21.3. The minimum atomic E-state index is 0.102. The van der Waals surface area contributed by atoms with E-state index >= 15 is 0 Å². The Balaban J connectivity index is 1.13. The molecule has 1 saturated heterocycles. The summed E-state index contributed by atoms with van der Waals surface area (Å²) in [7, 11) is 0. The quantitative estimate of drug-likeness (QED) is 0.666. The van der Waals surface area contributed by atoms with Gasteiger partial charge in [-0.1, -0.05) is 24.3 Å². The van der Waals surface area contributed by atoms with E-state index in [2.05, 4.69) is 44.9 Å². The van der Waals surface area contributed by atoms with Crippen LogP contribution in [0.25, 0.3) is 0 Å². The summed E-state index contributed by atoms with van der Waals surface area (Å²) in [5, 5.41) is 20.3. The molecule has 2 heterocycles. The molecule has 1 aliphatic heterocycles. The summed E-state index contributed by atoms with van der Waals surface area (Å²) >= 11 is 0. The van der Waals surface area contributed by atoms with E-state index in [-0.39, 0.29) is 24.1 Å². The van der Waals surface area contributed by atoms with E-state index in [9.17, 15) is 4.79 Å². The Bertz CT molecular complexity index is 934. The molecule has 3 aliphatic rings. The molecule has 1 spiro atoms. The van der Waals surface area contributed by atoms with Crippen molar-refractivity contribution in [2.45, 2.75) is 70.0 Å². The molecule has 7 heteroatoms. The zero-order valence-electron chi connectivity index (χ0n) is 18.8. The molecule has 5 rings (SSSR count). The molecule has 2 amide bonds. The lowest BCUT2D eigenvalue weighted by molar-refractivity contribution is 0.170. The Kier molecular flexibility index (Phi) is 6.09. The highest BCUT2D eigenvalue weighted by atomic mass is 16.3. The van der Waals surface area contributed by atoms with E-state index in [4.69, 9.17) is 5.11 Å². The number of aliphatic hydroxyl groups is 1. The Hall–Kier alpha value is -2.54. The molecule has 32 heavy (non-hydrogen) atoms. The van der Waals surface area contributed by atoms with Crippen molar-refractivity contribution < 1.29 is 9.90 Å².